The Morgan fingerprint density at radius 3 is 0.857 bits per heavy atom. The number of nitrogens with one attached hydrogen (secondary N) is 1. The predicted molar refractivity (Wildman–Crippen MR) is 307 cm³/mol. The van der Waals surface area contributed by atoms with Gasteiger partial charge in [-0.3, -0.25) is 4.79 Å². The van der Waals surface area contributed by atoms with Crippen molar-refractivity contribution < 1.29 is 25.2 Å². The third-order valence-corrected chi connectivity index (χ3v) is 15.5. The van der Waals surface area contributed by atoms with E-state index in [-0.39, 0.29) is 0 Å². The molecule has 418 valence electrons. The zero-order valence-corrected chi connectivity index (χ0v) is 47.6. The number of hydrogen-bond donors (Lipinski definition) is 5. The quantitative estimate of drug-likeness (QED) is 0.0308. The summed E-state index contributed by atoms with van der Waals surface area (Å²) >= 11 is 0. The van der Waals surface area contributed by atoms with Crippen LogP contribution in [0.2, 0.25) is 0 Å². The van der Waals surface area contributed by atoms with E-state index in [4.69, 9.17) is 0 Å². The lowest BCUT2D eigenvalue weighted by molar-refractivity contribution is -0.132. The molecule has 0 saturated carbocycles. The SMILES string of the molecule is CCCCCCCCCCCCCCCCCCCCCCCCCCC/C=C/CCCC(O)C(O)C(CO)NC(=O)C(O)CCCCCCCCCCCCCCCCCCCCCCCCCC. The number of amides is 1. The number of aliphatic hydroxyl groups excluding tert-OH is 4. The highest BCUT2D eigenvalue weighted by molar-refractivity contribution is 5.80. The van der Waals surface area contributed by atoms with Crippen molar-refractivity contribution in [2.45, 2.75) is 385 Å². The Labute approximate surface area is 438 Å². The smallest absolute Gasteiger partial charge is 0.249 e. The second kappa shape index (κ2) is 58.9. The lowest BCUT2D eigenvalue weighted by Crippen LogP contribution is -2.53. The molecular weight excluding hydrogens is 863 g/mol. The molecule has 6 nitrogen and oxygen atoms in total. The van der Waals surface area contributed by atoms with Gasteiger partial charge in [-0.05, 0) is 38.5 Å². The van der Waals surface area contributed by atoms with E-state index in [9.17, 15) is 25.2 Å². The van der Waals surface area contributed by atoms with Crippen molar-refractivity contribution in [2.75, 3.05) is 6.61 Å². The first kappa shape index (κ1) is 69.0. The first-order valence-electron chi connectivity index (χ1n) is 32.1. The van der Waals surface area contributed by atoms with Crippen LogP contribution in [0.3, 0.4) is 0 Å². The molecule has 6 heteroatoms. The van der Waals surface area contributed by atoms with Crippen LogP contribution in [0, 0.1) is 0 Å². The Bertz CT molecular complexity index is 1020. The number of allylic oxidation sites excluding steroid dienone is 2. The highest BCUT2D eigenvalue weighted by Gasteiger charge is 2.28. The van der Waals surface area contributed by atoms with Gasteiger partial charge in [0.25, 0.3) is 0 Å². The van der Waals surface area contributed by atoms with E-state index in [2.05, 4.69) is 31.3 Å². The van der Waals surface area contributed by atoms with E-state index in [0.717, 1.165) is 38.5 Å². The van der Waals surface area contributed by atoms with Crippen LogP contribution in [0.25, 0.3) is 0 Å². The van der Waals surface area contributed by atoms with E-state index in [1.165, 1.54) is 295 Å². The molecule has 0 aromatic rings. The molecule has 0 aliphatic rings. The zero-order valence-electron chi connectivity index (χ0n) is 47.6. The number of rotatable bonds is 60. The van der Waals surface area contributed by atoms with Gasteiger partial charge in [0.15, 0.2) is 0 Å². The van der Waals surface area contributed by atoms with Crippen LogP contribution >= 0.6 is 0 Å². The molecule has 0 fully saturated rings. The highest BCUT2D eigenvalue weighted by atomic mass is 16.3. The average molecular weight is 991 g/mol. The molecule has 0 spiro atoms. The van der Waals surface area contributed by atoms with E-state index in [0.29, 0.717) is 12.8 Å². The Balaban J connectivity index is 3.57. The Morgan fingerprint density at radius 2 is 0.586 bits per heavy atom. The summed E-state index contributed by atoms with van der Waals surface area (Å²) in [6, 6.07) is -1.000. The Hall–Kier alpha value is -0.950. The number of aliphatic hydroxyl groups is 4. The van der Waals surface area contributed by atoms with Gasteiger partial charge in [-0.2, -0.15) is 0 Å². The summed E-state index contributed by atoms with van der Waals surface area (Å²) in [7, 11) is 0. The maximum Gasteiger partial charge on any atom is 0.249 e. The summed E-state index contributed by atoms with van der Waals surface area (Å²) in [5.41, 5.74) is 0. The van der Waals surface area contributed by atoms with Crippen molar-refractivity contribution in [3.05, 3.63) is 12.2 Å². The maximum atomic E-state index is 12.6. The van der Waals surface area contributed by atoms with Crippen molar-refractivity contribution in [3.63, 3.8) is 0 Å². The van der Waals surface area contributed by atoms with Gasteiger partial charge in [0.05, 0.1) is 18.8 Å². The van der Waals surface area contributed by atoms with Gasteiger partial charge in [0.2, 0.25) is 5.91 Å². The largest absolute Gasteiger partial charge is 0.394 e. The van der Waals surface area contributed by atoms with E-state index in [1.54, 1.807) is 0 Å². The van der Waals surface area contributed by atoms with Crippen LogP contribution in [0.15, 0.2) is 12.2 Å². The van der Waals surface area contributed by atoms with Crippen LogP contribution < -0.4 is 5.32 Å². The average Bonchev–Trinajstić information content (AvgIpc) is 3.36. The topological polar surface area (TPSA) is 110 Å². The van der Waals surface area contributed by atoms with Crippen LogP contribution in [0.5, 0.6) is 0 Å². The summed E-state index contributed by atoms with van der Waals surface area (Å²) < 4.78 is 0. The molecule has 0 aliphatic carbocycles. The molecule has 0 aliphatic heterocycles. The van der Waals surface area contributed by atoms with E-state index < -0.39 is 36.9 Å². The molecule has 0 bridgehead atoms. The molecule has 0 rings (SSSR count). The lowest BCUT2D eigenvalue weighted by atomic mass is 10.00. The minimum absolute atomic E-state index is 0.369. The number of unbranched alkanes of at least 4 members (excludes halogenated alkanes) is 49. The zero-order chi connectivity index (χ0) is 50.9. The fourth-order valence-electron chi connectivity index (χ4n) is 10.5. The van der Waals surface area contributed by atoms with Crippen molar-refractivity contribution in [3.8, 4) is 0 Å². The van der Waals surface area contributed by atoms with Gasteiger partial charge in [0.1, 0.15) is 12.2 Å². The van der Waals surface area contributed by atoms with E-state index in [1.807, 2.05) is 0 Å². The summed E-state index contributed by atoms with van der Waals surface area (Å²) in [5.74, 6) is -0.585. The molecule has 70 heavy (non-hydrogen) atoms. The third kappa shape index (κ3) is 51.9. The van der Waals surface area contributed by atoms with Crippen molar-refractivity contribution >= 4 is 5.91 Å². The standard InChI is InChI=1S/C64H127NO5/c1-3-5-7-9-11-13-15-17-19-21-23-25-27-29-30-31-32-33-34-36-37-39-41-43-45-47-49-51-53-55-57-61(67)63(69)60(59-66)65-64(70)62(68)58-56-54-52-50-48-46-44-42-40-38-35-28-26-24-22-20-18-16-14-12-10-8-6-4-2/h49,51,60-63,66-69H,3-48,50,52-59H2,1-2H3,(H,65,70)/b51-49+. The second-order valence-corrected chi connectivity index (χ2v) is 22.5. The molecule has 5 N–H and O–H groups in total. The summed E-state index contributed by atoms with van der Waals surface area (Å²) in [6.45, 7) is 4.10. The first-order chi connectivity index (χ1) is 34.5. The second-order valence-electron chi connectivity index (χ2n) is 22.5. The molecule has 0 heterocycles. The fraction of sp³-hybridized carbons (Fsp3) is 0.953. The molecule has 0 radical (unpaired) electrons. The number of carbonyl (C=O) groups is 1. The van der Waals surface area contributed by atoms with Gasteiger partial charge >= 0.3 is 0 Å². The highest BCUT2D eigenvalue weighted by Crippen LogP contribution is 2.19. The van der Waals surface area contributed by atoms with Crippen LogP contribution in [0.1, 0.15) is 361 Å². The Kier molecular flexibility index (Phi) is 58.1. The molecule has 1 amide bonds. The predicted octanol–water partition coefficient (Wildman–Crippen LogP) is 19.2. The van der Waals surface area contributed by atoms with Crippen LogP contribution in [0.4, 0.5) is 0 Å². The first-order valence-corrected chi connectivity index (χ1v) is 32.1. The summed E-state index contributed by atoms with van der Waals surface area (Å²) in [4.78, 5) is 12.6. The number of carbonyl (C=O) groups excluding carboxylic acids is 1. The van der Waals surface area contributed by atoms with Gasteiger partial charge in [-0.1, -0.05) is 334 Å². The van der Waals surface area contributed by atoms with Crippen LogP contribution in [-0.4, -0.2) is 57.3 Å². The fourth-order valence-corrected chi connectivity index (χ4v) is 10.5. The minimum atomic E-state index is -1.28. The van der Waals surface area contributed by atoms with Gasteiger partial charge < -0.3 is 25.7 Å². The molecular formula is C64H127NO5. The van der Waals surface area contributed by atoms with E-state index >= 15 is 0 Å². The molecule has 0 aromatic carbocycles. The number of hydrogen-bond acceptors (Lipinski definition) is 5. The third-order valence-electron chi connectivity index (χ3n) is 15.5. The maximum absolute atomic E-state index is 12.6. The van der Waals surface area contributed by atoms with Gasteiger partial charge in [0, 0.05) is 0 Å². The normalized spacial score (nSPS) is 13.6. The summed E-state index contributed by atoms with van der Waals surface area (Å²) in [6.07, 6.45) is 71.8. The van der Waals surface area contributed by atoms with Gasteiger partial charge in [-0.15, -0.1) is 0 Å². The Morgan fingerprint density at radius 1 is 0.343 bits per heavy atom. The minimum Gasteiger partial charge on any atom is -0.394 e. The molecule has 4 atom stereocenters. The summed E-state index contributed by atoms with van der Waals surface area (Å²) in [5, 5.41) is 44.1. The molecule has 4 unspecified atom stereocenters. The van der Waals surface area contributed by atoms with Crippen molar-refractivity contribution in [1.29, 1.82) is 0 Å². The van der Waals surface area contributed by atoms with Gasteiger partial charge in [-0.25, -0.2) is 0 Å². The monoisotopic (exact) mass is 990 g/mol. The van der Waals surface area contributed by atoms with Crippen molar-refractivity contribution in [2.24, 2.45) is 0 Å². The van der Waals surface area contributed by atoms with Crippen LogP contribution in [-0.2, 0) is 4.79 Å². The van der Waals surface area contributed by atoms with Crippen molar-refractivity contribution in [1.82, 2.24) is 5.32 Å². The molecule has 0 aromatic heterocycles. The molecule has 0 saturated heterocycles. The lowest BCUT2D eigenvalue weighted by Gasteiger charge is -2.27.